The molecule has 8 nitrogen and oxygen atoms in total. The Bertz CT molecular complexity index is 978. The van der Waals surface area contributed by atoms with Crippen LogP contribution in [0.4, 0.5) is 5.82 Å². The van der Waals surface area contributed by atoms with Gasteiger partial charge in [-0.25, -0.2) is 19.6 Å². The van der Waals surface area contributed by atoms with Crippen LogP contribution in [-0.4, -0.2) is 61.7 Å². The second-order valence-electron chi connectivity index (χ2n) is 8.13. The number of carbonyl (C=O) groups is 1. The summed E-state index contributed by atoms with van der Waals surface area (Å²) in [7, 11) is 0. The molecule has 0 unspecified atom stereocenters. The van der Waals surface area contributed by atoms with E-state index in [9.17, 15) is 4.79 Å². The third kappa shape index (κ3) is 3.90. The van der Waals surface area contributed by atoms with E-state index in [1.54, 1.807) is 11.0 Å². The number of nitrogens with zero attached hydrogens (tertiary/aromatic N) is 7. The van der Waals surface area contributed by atoms with Crippen molar-refractivity contribution in [1.29, 1.82) is 0 Å². The monoisotopic (exact) mass is 403 g/mol. The molecule has 5 rings (SSSR count). The predicted octanol–water partition coefficient (Wildman–Crippen LogP) is 1.97. The van der Waals surface area contributed by atoms with Gasteiger partial charge in [0.25, 0.3) is 0 Å². The van der Waals surface area contributed by atoms with E-state index < -0.39 is 0 Å². The molecule has 4 heterocycles. The van der Waals surface area contributed by atoms with E-state index in [0.29, 0.717) is 24.8 Å². The van der Waals surface area contributed by atoms with Gasteiger partial charge in [-0.05, 0) is 30.7 Å². The second kappa shape index (κ2) is 8.22. The molecule has 154 valence electrons. The van der Waals surface area contributed by atoms with Crippen molar-refractivity contribution >= 4 is 11.7 Å². The van der Waals surface area contributed by atoms with Crippen molar-refractivity contribution in [1.82, 2.24) is 29.6 Å². The summed E-state index contributed by atoms with van der Waals surface area (Å²) in [5, 5.41) is 4.10. The molecule has 0 aliphatic carbocycles. The molecule has 0 bridgehead atoms. The number of carbonyl (C=O) groups excluding carboxylic acids is 1. The Morgan fingerprint density at radius 2 is 1.77 bits per heavy atom. The lowest BCUT2D eigenvalue weighted by molar-refractivity contribution is -0.137. The zero-order valence-corrected chi connectivity index (χ0v) is 16.8. The summed E-state index contributed by atoms with van der Waals surface area (Å²) in [5.41, 5.74) is 1.40. The molecule has 0 radical (unpaired) electrons. The van der Waals surface area contributed by atoms with Crippen LogP contribution in [-0.2, 0) is 11.2 Å². The standard InChI is InChI=1S/C22H25N7O/c30-22(27-8-6-18(7-9-27)10-17-4-2-1-3-5-17)19-12-28(13-19)20-11-21(25-15-24-20)29-16-23-14-26-29/h1-5,11,14-16,18-19H,6-10,12-13H2. The number of anilines is 1. The highest BCUT2D eigenvalue weighted by atomic mass is 16.2. The molecule has 2 saturated heterocycles. The first-order chi connectivity index (χ1) is 14.8. The molecule has 2 fully saturated rings. The van der Waals surface area contributed by atoms with Crippen molar-refractivity contribution in [3.63, 3.8) is 0 Å². The van der Waals surface area contributed by atoms with Crippen LogP contribution in [0.15, 0.2) is 55.4 Å². The molecule has 0 N–H and O–H groups in total. The molecule has 2 aliphatic rings. The molecule has 30 heavy (non-hydrogen) atoms. The molecule has 2 aliphatic heterocycles. The lowest BCUT2D eigenvalue weighted by Crippen LogP contribution is -2.56. The van der Waals surface area contributed by atoms with E-state index in [1.807, 2.05) is 6.07 Å². The normalized spacial score (nSPS) is 17.7. The molecule has 1 aromatic carbocycles. The lowest BCUT2D eigenvalue weighted by atomic mass is 9.89. The smallest absolute Gasteiger partial charge is 0.229 e. The zero-order chi connectivity index (χ0) is 20.3. The number of aromatic nitrogens is 5. The van der Waals surface area contributed by atoms with Crippen LogP contribution in [0.1, 0.15) is 18.4 Å². The SMILES string of the molecule is O=C(C1CN(c2cc(-n3cncn3)ncn2)C1)N1CCC(Cc2ccccc2)CC1. The average molecular weight is 403 g/mol. The van der Waals surface area contributed by atoms with Crippen molar-refractivity contribution in [3.05, 3.63) is 60.9 Å². The van der Waals surface area contributed by atoms with Gasteiger partial charge >= 0.3 is 0 Å². The van der Waals surface area contributed by atoms with Gasteiger partial charge in [0.1, 0.15) is 24.8 Å². The van der Waals surface area contributed by atoms with Gasteiger partial charge < -0.3 is 9.80 Å². The minimum Gasteiger partial charge on any atom is -0.355 e. The van der Waals surface area contributed by atoms with Crippen molar-refractivity contribution in [2.24, 2.45) is 11.8 Å². The first-order valence-corrected chi connectivity index (χ1v) is 10.5. The molecule has 0 spiro atoms. The quantitative estimate of drug-likeness (QED) is 0.648. The molecule has 1 amide bonds. The maximum Gasteiger partial charge on any atom is 0.229 e. The third-order valence-corrected chi connectivity index (χ3v) is 6.14. The van der Waals surface area contributed by atoms with Gasteiger partial charge in [-0.2, -0.15) is 5.10 Å². The first-order valence-electron chi connectivity index (χ1n) is 10.5. The van der Waals surface area contributed by atoms with E-state index >= 15 is 0 Å². The molecule has 3 aromatic rings. The highest BCUT2D eigenvalue weighted by Gasteiger charge is 2.37. The Kier molecular flexibility index (Phi) is 5.13. The van der Waals surface area contributed by atoms with Crippen LogP contribution >= 0.6 is 0 Å². The third-order valence-electron chi connectivity index (χ3n) is 6.14. The van der Waals surface area contributed by atoms with Crippen LogP contribution < -0.4 is 4.90 Å². The number of likely N-dealkylation sites (tertiary alicyclic amines) is 1. The Labute approximate surface area is 175 Å². The fraction of sp³-hybridized carbons (Fsp3) is 0.409. The van der Waals surface area contributed by atoms with Crippen LogP contribution in [0.3, 0.4) is 0 Å². The number of hydrogen-bond acceptors (Lipinski definition) is 6. The van der Waals surface area contributed by atoms with Crippen LogP contribution in [0.25, 0.3) is 5.82 Å². The predicted molar refractivity (Wildman–Crippen MR) is 112 cm³/mol. The summed E-state index contributed by atoms with van der Waals surface area (Å²) in [6.45, 7) is 3.15. The highest BCUT2D eigenvalue weighted by Crippen LogP contribution is 2.28. The van der Waals surface area contributed by atoms with Crippen LogP contribution in [0.2, 0.25) is 0 Å². The molecular weight excluding hydrogens is 378 g/mol. The van der Waals surface area contributed by atoms with E-state index in [2.05, 4.69) is 60.2 Å². The molecule has 8 heteroatoms. The second-order valence-corrected chi connectivity index (χ2v) is 8.13. The van der Waals surface area contributed by atoms with Gasteiger partial charge in [-0.15, -0.1) is 0 Å². The minimum absolute atomic E-state index is 0.0560. The Hall–Kier alpha value is -3.29. The van der Waals surface area contributed by atoms with E-state index in [-0.39, 0.29) is 11.8 Å². The number of piperidine rings is 1. The molecule has 2 aromatic heterocycles. The van der Waals surface area contributed by atoms with E-state index in [4.69, 9.17) is 0 Å². The van der Waals surface area contributed by atoms with Crippen LogP contribution in [0.5, 0.6) is 0 Å². The Morgan fingerprint density at radius 3 is 2.50 bits per heavy atom. The van der Waals surface area contributed by atoms with Crippen molar-refractivity contribution < 1.29 is 4.79 Å². The van der Waals surface area contributed by atoms with Gasteiger partial charge in [-0.3, -0.25) is 4.79 Å². The maximum atomic E-state index is 12.9. The van der Waals surface area contributed by atoms with Crippen LogP contribution in [0, 0.1) is 11.8 Å². The highest BCUT2D eigenvalue weighted by molar-refractivity contribution is 5.82. The first kappa shape index (κ1) is 18.7. The number of amides is 1. The molecule has 0 atom stereocenters. The van der Waals surface area contributed by atoms with Gasteiger partial charge in [-0.1, -0.05) is 30.3 Å². The van der Waals surface area contributed by atoms with E-state index in [0.717, 1.165) is 38.2 Å². The van der Waals surface area contributed by atoms with Gasteiger partial charge in [0.05, 0.1) is 5.92 Å². The average Bonchev–Trinajstić information content (AvgIpc) is 3.29. The largest absolute Gasteiger partial charge is 0.355 e. The van der Waals surface area contributed by atoms with Gasteiger partial charge in [0, 0.05) is 32.2 Å². The van der Waals surface area contributed by atoms with Gasteiger partial charge in [0.2, 0.25) is 5.91 Å². The summed E-state index contributed by atoms with van der Waals surface area (Å²) in [6.07, 6.45) is 7.90. The summed E-state index contributed by atoms with van der Waals surface area (Å²) >= 11 is 0. The summed E-state index contributed by atoms with van der Waals surface area (Å²) in [4.78, 5) is 29.6. The topological polar surface area (TPSA) is 80.0 Å². The zero-order valence-electron chi connectivity index (χ0n) is 16.8. The fourth-order valence-corrected chi connectivity index (χ4v) is 4.35. The van der Waals surface area contributed by atoms with Gasteiger partial charge in [0.15, 0.2) is 5.82 Å². The fourth-order valence-electron chi connectivity index (χ4n) is 4.35. The number of rotatable bonds is 5. The molecule has 0 saturated carbocycles. The van der Waals surface area contributed by atoms with Crippen molar-refractivity contribution in [2.75, 3.05) is 31.1 Å². The number of benzene rings is 1. The molecular formula is C22H25N7O. The summed E-state index contributed by atoms with van der Waals surface area (Å²) in [6, 6.07) is 12.5. The van der Waals surface area contributed by atoms with Crippen molar-refractivity contribution in [3.8, 4) is 5.82 Å². The number of hydrogen-bond donors (Lipinski definition) is 0. The summed E-state index contributed by atoms with van der Waals surface area (Å²) in [5.74, 6) is 2.51. The Morgan fingerprint density at radius 1 is 1.00 bits per heavy atom. The van der Waals surface area contributed by atoms with E-state index in [1.165, 1.54) is 18.2 Å². The summed E-state index contributed by atoms with van der Waals surface area (Å²) < 4.78 is 1.60. The maximum absolute atomic E-state index is 12.9. The minimum atomic E-state index is 0.0560. The lowest BCUT2D eigenvalue weighted by Gasteiger charge is -2.42. The van der Waals surface area contributed by atoms with Crippen molar-refractivity contribution in [2.45, 2.75) is 19.3 Å². The Balaban J connectivity index is 1.12.